The molecule has 0 amide bonds. The number of rotatable bonds is 3. The number of aromatic amines is 1. The molecule has 0 saturated heterocycles. The fourth-order valence-electron chi connectivity index (χ4n) is 1.80. The summed E-state index contributed by atoms with van der Waals surface area (Å²) in [6.07, 6.45) is 3.72. The zero-order valence-electron chi connectivity index (χ0n) is 10.5. The summed E-state index contributed by atoms with van der Waals surface area (Å²) in [6.45, 7) is 4.34. The van der Waals surface area contributed by atoms with Gasteiger partial charge in [0.25, 0.3) is 0 Å². The molecule has 0 fully saturated rings. The molecular formula is C14H17N3S. The summed E-state index contributed by atoms with van der Waals surface area (Å²) in [5, 5.41) is 6.96. The lowest BCUT2D eigenvalue weighted by atomic mass is 10.0. The average Bonchev–Trinajstić information content (AvgIpc) is 2.82. The molecule has 3 nitrogen and oxygen atoms in total. The van der Waals surface area contributed by atoms with E-state index < -0.39 is 0 Å². The molecule has 3 N–H and O–H groups in total. The zero-order valence-corrected chi connectivity index (χ0v) is 11.3. The minimum Gasteiger partial charge on any atom is -0.366 e. The van der Waals surface area contributed by atoms with Crippen molar-refractivity contribution in [3.8, 4) is 0 Å². The van der Waals surface area contributed by atoms with Gasteiger partial charge in [-0.05, 0) is 35.8 Å². The van der Waals surface area contributed by atoms with Gasteiger partial charge in [0, 0.05) is 18.1 Å². The van der Waals surface area contributed by atoms with Crippen molar-refractivity contribution < 1.29 is 0 Å². The lowest BCUT2D eigenvalue weighted by molar-refractivity contribution is 0.869. The van der Waals surface area contributed by atoms with Crippen LogP contribution < -0.4 is 10.6 Å². The van der Waals surface area contributed by atoms with Crippen LogP contribution in [-0.2, 0) is 0 Å². The molecule has 0 saturated carbocycles. The number of nitrogens with one attached hydrogen (secondary N) is 3. The largest absolute Gasteiger partial charge is 0.366 e. The highest BCUT2D eigenvalue weighted by molar-refractivity contribution is 7.80. The summed E-state index contributed by atoms with van der Waals surface area (Å²) >= 11 is 5.29. The van der Waals surface area contributed by atoms with Crippen LogP contribution in [0.2, 0.25) is 0 Å². The summed E-state index contributed by atoms with van der Waals surface area (Å²) in [6, 6.07) is 10.1. The SMILES string of the molecule is CC(C)c1ccccc1NC(=S)Nc1cc[nH]c1. The zero-order chi connectivity index (χ0) is 13.0. The molecule has 2 rings (SSSR count). The van der Waals surface area contributed by atoms with Gasteiger partial charge in [0.1, 0.15) is 0 Å². The highest BCUT2D eigenvalue weighted by Gasteiger charge is 2.07. The number of H-pyrrole nitrogens is 1. The van der Waals surface area contributed by atoms with Crippen LogP contribution in [0.3, 0.4) is 0 Å². The van der Waals surface area contributed by atoms with Crippen LogP contribution in [0.25, 0.3) is 0 Å². The Labute approximate surface area is 113 Å². The van der Waals surface area contributed by atoms with Gasteiger partial charge in [-0.1, -0.05) is 32.0 Å². The first-order valence-corrected chi connectivity index (χ1v) is 6.37. The number of para-hydroxylation sites is 1. The summed E-state index contributed by atoms with van der Waals surface area (Å²) < 4.78 is 0. The maximum Gasteiger partial charge on any atom is 0.175 e. The van der Waals surface area contributed by atoms with Crippen LogP contribution >= 0.6 is 12.2 Å². The van der Waals surface area contributed by atoms with Crippen LogP contribution in [-0.4, -0.2) is 10.1 Å². The lowest BCUT2D eigenvalue weighted by Crippen LogP contribution is -2.19. The summed E-state index contributed by atoms with van der Waals surface area (Å²) in [5.41, 5.74) is 3.27. The molecule has 1 aromatic heterocycles. The molecular weight excluding hydrogens is 242 g/mol. The maximum atomic E-state index is 5.29. The minimum absolute atomic E-state index is 0.462. The number of aromatic nitrogens is 1. The first kappa shape index (κ1) is 12.6. The van der Waals surface area contributed by atoms with Gasteiger partial charge in [-0.15, -0.1) is 0 Å². The normalized spacial score (nSPS) is 10.4. The third-order valence-corrected chi connectivity index (χ3v) is 2.89. The maximum absolute atomic E-state index is 5.29. The van der Waals surface area contributed by atoms with Gasteiger partial charge >= 0.3 is 0 Å². The van der Waals surface area contributed by atoms with Gasteiger partial charge in [-0.3, -0.25) is 0 Å². The van der Waals surface area contributed by atoms with Crippen molar-refractivity contribution in [1.82, 2.24) is 4.98 Å². The second-order valence-electron chi connectivity index (χ2n) is 4.42. The summed E-state index contributed by atoms with van der Waals surface area (Å²) in [4.78, 5) is 2.98. The second kappa shape index (κ2) is 5.69. The van der Waals surface area contributed by atoms with Gasteiger partial charge < -0.3 is 15.6 Å². The fourth-order valence-corrected chi connectivity index (χ4v) is 2.03. The number of anilines is 2. The molecule has 0 aliphatic carbocycles. The number of hydrogen-bond donors (Lipinski definition) is 3. The van der Waals surface area contributed by atoms with E-state index in [4.69, 9.17) is 12.2 Å². The van der Waals surface area contributed by atoms with Crippen molar-refractivity contribution in [1.29, 1.82) is 0 Å². The third-order valence-electron chi connectivity index (χ3n) is 2.69. The van der Waals surface area contributed by atoms with Gasteiger partial charge in [0.2, 0.25) is 0 Å². The molecule has 1 aromatic carbocycles. The summed E-state index contributed by atoms with van der Waals surface area (Å²) in [5.74, 6) is 0.462. The van der Waals surface area contributed by atoms with Crippen LogP contribution in [0.4, 0.5) is 11.4 Å². The monoisotopic (exact) mass is 259 g/mol. The molecule has 18 heavy (non-hydrogen) atoms. The number of benzene rings is 1. The van der Waals surface area contributed by atoms with Crippen LogP contribution in [0, 0.1) is 0 Å². The standard InChI is InChI=1S/C14H17N3S/c1-10(2)12-5-3-4-6-13(12)17-14(18)16-11-7-8-15-9-11/h3-10,15H,1-2H3,(H2,16,17,18). The van der Waals surface area contributed by atoms with E-state index in [0.29, 0.717) is 11.0 Å². The Morgan fingerprint density at radius 3 is 2.61 bits per heavy atom. The van der Waals surface area contributed by atoms with Gasteiger partial charge in [0.15, 0.2) is 5.11 Å². The number of hydrogen-bond acceptors (Lipinski definition) is 1. The molecule has 0 radical (unpaired) electrons. The molecule has 0 spiro atoms. The van der Waals surface area contributed by atoms with Crippen molar-refractivity contribution in [3.63, 3.8) is 0 Å². The predicted molar refractivity (Wildman–Crippen MR) is 81.2 cm³/mol. The second-order valence-corrected chi connectivity index (χ2v) is 4.83. The van der Waals surface area contributed by atoms with Crippen molar-refractivity contribution in [2.24, 2.45) is 0 Å². The van der Waals surface area contributed by atoms with E-state index >= 15 is 0 Å². The van der Waals surface area contributed by atoms with Crippen molar-refractivity contribution in [2.45, 2.75) is 19.8 Å². The topological polar surface area (TPSA) is 39.8 Å². The molecule has 0 atom stereocenters. The molecule has 2 aromatic rings. The fraction of sp³-hybridized carbons (Fsp3) is 0.214. The van der Waals surface area contributed by atoms with Crippen LogP contribution in [0.1, 0.15) is 25.3 Å². The Hall–Kier alpha value is -1.81. The Morgan fingerprint density at radius 1 is 1.17 bits per heavy atom. The van der Waals surface area contributed by atoms with E-state index in [1.165, 1.54) is 5.56 Å². The molecule has 0 aliphatic heterocycles. The molecule has 1 heterocycles. The molecule has 0 aliphatic rings. The van der Waals surface area contributed by atoms with E-state index in [1.807, 2.05) is 36.7 Å². The lowest BCUT2D eigenvalue weighted by Gasteiger charge is -2.15. The first-order chi connectivity index (χ1) is 8.66. The quantitative estimate of drug-likeness (QED) is 0.731. The Morgan fingerprint density at radius 2 is 1.94 bits per heavy atom. The van der Waals surface area contributed by atoms with Gasteiger partial charge in [0.05, 0.1) is 5.69 Å². The molecule has 4 heteroatoms. The van der Waals surface area contributed by atoms with Gasteiger partial charge in [-0.25, -0.2) is 0 Å². The Balaban J connectivity index is 2.07. The van der Waals surface area contributed by atoms with E-state index in [9.17, 15) is 0 Å². The minimum atomic E-state index is 0.462. The van der Waals surface area contributed by atoms with Crippen molar-refractivity contribution in [2.75, 3.05) is 10.6 Å². The van der Waals surface area contributed by atoms with Gasteiger partial charge in [-0.2, -0.15) is 0 Å². The van der Waals surface area contributed by atoms with E-state index in [2.05, 4.69) is 35.5 Å². The summed E-state index contributed by atoms with van der Waals surface area (Å²) in [7, 11) is 0. The average molecular weight is 259 g/mol. The van der Waals surface area contributed by atoms with Crippen LogP contribution in [0.15, 0.2) is 42.7 Å². The van der Waals surface area contributed by atoms with Crippen molar-refractivity contribution >= 4 is 28.7 Å². The van der Waals surface area contributed by atoms with E-state index in [1.54, 1.807) is 0 Å². The molecule has 0 unspecified atom stereocenters. The third kappa shape index (κ3) is 3.11. The van der Waals surface area contributed by atoms with Crippen molar-refractivity contribution in [3.05, 3.63) is 48.3 Å². The highest BCUT2D eigenvalue weighted by Crippen LogP contribution is 2.23. The molecule has 94 valence electrons. The van der Waals surface area contributed by atoms with E-state index in [0.717, 1.165) is 11.4 Å². The predicted octanol–water partition coefficient (Wildman–Crippen LogP) is 3.95. The van der Waals surface area contributed by atoms with E-state index in [-0.39, 0.29) is 0 Å². The smallest absolute Gasteiger partial charge is 0.175 e. The van der Waals surface area contributed by atoms with Crippen LogP contribution in [0.5, 0.6) is 0 Å². The Kier molecular flexibility index (Phi) is 3.99. The first-order valence-electron chi connectivity index (χ1n) is 5.96. The Bertz CT molecular complexity index is 518. The number of thiocarbonyl (C=S) groups is 1. The molecule has 0 bridgehead atoms. The highest BCUT2D eigenvalue weighted by atomic mass is 32.1.